The number of hydrogen-bond acceptors (Lipinski definition) is 3. The van der Waals surface area contributed by atoms with E-state index >= 15 is 0 Å². The Morgan fingerprint density at radius 1 is 1.42 bits per heavy atom. The summed E-state index contributed by atoms with van der Waals surface area (Å²) in [4.78, 5) is 14.2. The first-order valence-electron chi connectivity index (χ1n) is 6.85. The second-order valence-electron chi connectivity index (χ2n) is 5.38. The summed E-state index contributed by atoms with van der Waals surface area (Å²) in [6, 6.07) is 6.61. The van der Waals surface area contributed by atoms with Gasteiger partial charge in [0.05, 0.1) is 6.54 Å². The van der Waals surface area contributed by atoms with Crippen molar-refractivity contribution in [3.8, 4) is 0 Å². The van der Waals surface area contributed by atoms with E-state index in [2.05, 4.69) is 28.5 Å². The maximum atomic E-state index is 12.0. The largest absolute Gasteiger partial charge is 0.325 e. The van der Waals surface area contributed by atoms with Crippen LogP contribution in [0.3, 0.4) is 0 Å². The van der Waals surface area contributed by atoms with E-state index in [0.717, 1.165) is 30.8 Å². The van der Waals surface area contributed by atoms with Crippen LogP contribution in [0.1, 0.15) is 17.5 Å². The fraction of sp³-hybridized carbons (Fsp3) is 0.533. The number of hydrogen-bond donors (Lipinski definition) is 2. The highest BCUT2D eigenvalue weighted by Crippen LogP contribution is 2.16. The molecule has 1 atom stereocenters. The van der Waals surface area contributed by atoms with Gasteiger partial charge in [-0.25, -0.2) is 0 Å². The van der Waals surface area contributed by atoms with Gasteiger partial charge in [-0.05, 0) is 38.9 Å². The van der Waals surface area contributed by atoms with Crippen LogP contribution in [0.25, 0.3) is 0 Å². The molecule has 104 valence electrons. The molecule has 0 spiro atoms. The van der Waals surface area contributed by atoms with Gasteiger partial charge in [-0.1, -0.05) is 17.7 Å². The predicted molar refractivity (Wildman–Crippen MR) is 78.5 cm³/mol. The fourth-order valence-electron chi connectivity index (χ4n) is 2.56. The van der Waals surface area contributed by atoms with Crippen LogP contribution in [-0.2, 0) is 4.79 Å². The molecule has 1 aliphatic rings. The molecule has 0 aromatic heterocycles. The molecule has 2 rings (SSSR count). The molecule has 1 aromatic rings. The number of nitrogens with zero attached hydrogens (tertiary/aromatic N) is 1. The summed E-state index contributed by atoms with van der Waals surface area (Å²) in [6.45, 7) is 6.50. The maximum Gasteiger partial charge on any atom is 0.238 e. The van der Waals surface area contributed by atoms with Crippen molar-refractivity contribution in [1.82, 2.24) is 10.2 Å². The molecular formula is C15H23N3O. The number of amides is 1. The van der Waals surface area contributed by atoms with Crippen LogP contribution >= 0.6 is 0 Å². The van der Waals surface area contributed by atoms with Gasteiger partial charge in [0.2, 0.25) is 5.91 Å². The molecule has 0 saturated carbocycles. The van der Waals surface area contributed by atoms with E-state index in [1.807, 2.05) is 26.1 Å². The number of anilines is 1. The van der Waals surface area contributed by atoms with Gasteiger partial charge in [-0.2, -0.15) is 0 Å². The molecule has 1 unspecified atom stereocenters. The Morgan fingerprint density at radius 2 is 2.21 bits per heavy atom. The molecule has 0 radical (unpaired) electrons. The molecule has 19 heavy (non-hydrogen) atoms. The molecule has 0 bridgehead atoms. The van der Waals surface area contributed by atoms with Gasteiger partial charge in [0, 0.05) is 24.8 Å². The average molecular weight is 261 g/mol. The van der Waals surface area contributed by atoms with Crippen molar-refractivity contribution in [2.45, 2.75) is 26.3 Å². The third-order valence-electron chi connectivity index (χ3n) is 3.70. The standard InChI is InChI=1S/C15H23N3O/c1-11-4-5-14(12(2)8-11)17-15(19)10-18-7-6-13(9-18)16-3/h4-5,8,13,16H,6-7,9-10H2,1-3H3,(H,17,19). The minimum absolute atomic E-state index is 0.0729. The second kappa shape index (κ2) is 6.17. The number of benzene rings is 1. The van der Waals surface area contributed by atoms with E-state index < -0.39 is 0 Å². The van der Waals surface area contributed by atoms with Crippen molar-refractivity contribution in [2.24, 2.45) is 0 Å². The molecule has 4 heteroatoms. The highest BCUT2D eigenvalue weighted by atomic mass is 16.2. The Labute approximate surface area is 115 Å². The van der Waals surface area contributed by atoms with Crippen LogP contribution in [0.15, 0.2) is 18.2 Å². The van der Waals surface area contributed by atoms with Crippen LogP contribution in [0.2, 0.25) is 0 Å². The van der Waals surface area contributed by atoms with Gasteiger partial charge in [0.25, 0.3) is 0 Å². The molecule has 1 saturated heterocycles. The zero-order chi connectivity index (χ0) is 13.8. The van der Waals surface area contributed by atoms with Crippen molar-refractivity contribution < 1.29 is 4.79 Å². The Morgan fingerprint density at radius 3 is 2.84 bits per heavy atom. The zero-order valence-corrected chi connectivity index (χ0v) is 12.0. The molecule has 1 heterocycles. The first-order chi connectivity index (χ1) is 9.08. The van der Waals surface area contributed by atoms with Gasteiger partial charge in [-0.3, -0.25) is 9.69 Å². The van der Waals surface area contributed by atoms with Crippen molar-refractivity contribution in [1.29, 1.82) is 0 Å². The minimum atomic E-state index is 0.0729. The average Bonchev–Trinajstić information content (AvgIpc) is 2.80. The third-order valence-corrected chi connectivity index (χ3v) is 3.70. The minimum Gasteiger partial charge on any atom is -0.325 e. The van der Waals surface area contributed by atoms with Gasteiger partial charge in [-0.15, -0.1) is 0 Å². The summed E-state index contributed by atoms with van der Waals surface area (Å²) in [7, 11) is 1.98. The van der Waals surface area contributed by atoms with Crippen LogP contribution in [0.4, 0.5) is 5.69 Å². The monoisotopic (exact) mass is 261 g/mol. The molecule has 1 amide bonds. The summed E-state index contributed by atoms with van der Waals surface area (Å²) in [5, 5.41) is 6.25. The lowest BCUT2D eigenvalue weighted by molar-refractivity contribution is -0.117. The van der Waals surface area contributed by atoms with Crippen molar-refractivity contribution >= 4 is 11.6 Å². The first-order valence-corrected chi connectivity index (χ1v) is 6.85. The summed E-state index contributed by atoms with van der Waals surface area (Å²) in [6.07, 6.45) is 1.12. The van der Waals surface area contributed by atoms with Gasteiger partial charge < -0.3 is 10.6 Å². The third kappa shape index (κ3) is 3.78. The molecule has 0 aliphatic carbocycles. The number of likely N-dealkylation sites (tertiary alicyclic amines) is 1. The van der Waals surface area contributed by atoms with Crippen molar-refractivity contribution in [3.63, 3.8) is 0 Å². The van der Waals surface area contributed by atoms with Crippen molar-refractivity contribution in [3.05, 3.63) is 29.3 Å². The van der Waals surface area contributed by atoms with Crippen LogP contribution in [-0.4, -0.2) is 43.5 Å². The molecule has 1 aliphatic heterocycles. The van der Waals surface area contributed by atoms with Gasteiger partial charge in [0.1, 0.15) is 0 Å². The topological polar surface area (TPSA) is 44.4 Å². The van der Waals surface area contributed by atoms with Gasteiger partial charge in [0.15, 0.2) is 0 Å². The maximum absolute atomic E-state index is 12.0. The van der Waals surface area contributed by atoms with E-state index in [1.165, 1.54) is 5.56 Å². The lowest BCUT2D eigenvalue weighted by Crippen LogP contribution is -2.34. The summed E-state index contributed by atoms with van der Waals surface area (Å²) < 4.78 is 0. The quantitative estimate of drug-likeness (QED) is 0.864. The first kappa shape index (κ1) is 14.0. The Kier molecular flexibility index (Phi) is 4.56. The van der Waals surface area contributed by atoms with Crippen molar-refractivity contribution in [2.75, 3.05) is 32.0 Å². The molecular weight excluding hydrogens is 238 g/mol. The van der Waals surface area contributed by atoms with E-state index in [4.69, 9.17) is 0 Å². The number of carbonyl (C=O) groups is 1. The van der Waals surface area contributed by atoms with Crippen LogP contribution in [0, 0.1) is 13.8 Å². The number of likely N-dealkylation sites (N-methyl/N-ethyl adjacent to an activating group) is 1. The van der Waals surface area contributed by atoms with E-state index in [9.17, 15) is 4.79 Å². The van der Waals surface area contributed by atoms with Gasteiger partial charge >= 0.3 is 0 Å². The van der Waals surface area contributed by atoms with E-state index in [1.54, 1.807) is 0 Å². The molecule has 2 N–H and O–H groups in total. The Hall–Kier alpha value is -1.39. The summed E-state index contributed by atoms with van der Waals surface area (Å²) >= 11 is 0. The fourth-order valence-corrected chi connectivity index (χ4v) is 2.56. The van der Waals surface area contributed by atoms with Crippen LogP contribution < -0.4 is 10.6 Å². The smallest absolute Gasteiger partial charge is 0.238 e. The van der Waals surface area contributed by atoms with E-state index in [0.29, 0.717) is 12.6 Å². The SMILES string of the molecule is CNC1CCN(CC(=O)Nc2ccc(C)cc2C)C1. The molecule has 4 nitrogen and oxygen atoms in total. The molecule has 1 fully saturated rings. The normalized spacial score (nSPS) is 19.6. The number of aryl methyl sites for hydroxylation is 2. The summed E-state index contributed by atoms with van der Waals surface area (Å²) in [5.74, 6) is 0.0729. The predicted octanol–water partition coefficient (Wildman–Crippen LogP) is 1.54. The Bertz CT molecular complexity index is 459. The summed E-state index contributed by atoms with van der Waals surface area (Å²) in [5.41, 5.74) is 3.25. The highest BCUT2D eigenvalue weighted by molar-refractivity contribution is 5.93. The number of carbonyl (C=O) groups excluding carboxylic acids is 1. The Balaban J connectivity index is 1.87. The zero-order valence-electron chi connectivity index (χ0n) is 12.0. The van der Waals surface area contributed by atoms with Crippen LogP contribution in [0.5, 0.6) is 0 Å². The second-order valence-corrected chi connectivity index (χ2v) is 5.38. The lowest BCUT2D eigenvalue weighted by atomic mass is 10.1. The number of nitrogens with one attached hydrogen (secondary N) is 2. The molecule has 1 aromatic carbocycles. The lowest BCUT2D eigenvalue weighted by Gasteiger charge is -2.16. The van der Waals surface area contributed by atoms with E-state index in [-0.39, 0.29) is 5.91 Å². The highest BCUT2D eigenvalue weighted by Gasteiger charge is 2.22. The number of rotatable bonds is 4.